The molecule has 0 spiro atoms. The van der Waals surface area contributed by atoms with Crippen LogP contribution in [0.3, 0.4) is 0 Å². The molecule has 1 amide bonds. The van der Waals surface area contributed by atoms with E-state index in [9.17, 15) is 9.18 Å². The number of carbonyl (C=O) groups is 1. The second-order valence-corrected chi connectivity index (χ2v) is 4.64. The quantitative estimate of drug-likeness (QED) is 0.717. The molecule has 1 rings (SSSR count). The van der Waals surface area contributed by atoms with Gasteiger partial charge in [0.1, 0.15) is 6.17 Å². The normalized spacial score (nSPS) is 26.3. The summed E-state index contributed by atoms with van der Waals surface area (Å²) in [5, 5.41) is 11.8. The molecule has 1 aliphatic rings. The molecule has 0 aromatic heterocycles. The minimum absolute atomic E-state index is 0.0194. The fourth-order valence-electron chi connectivity index (χ4n) is 2.03. The molecular formula is C11H21FN2O2. The summed E-state index contributed by atoms with van der Waals surface area (Å²) in [6.07, 6.45) is -0.130. The largest absolute Gasteiger partial charge is 0.395 e. The first-order chi connectivity index (χ1) is 7.52. The average molecular weight is 232 g/mol. The van der Waals surface area contributed by atoms with Gasteiger partial charge in [-0.3, -0.25) is 9.69 Å². The molecule has 0 radical (unpaired) electrons. The van der Waals surface area contributed by atoms with Crippen molar-refractivity contribution in [1.29, 1.82) is 0 Å². The fraction of sp³-hybridized carbons (Fsp3) is 0.909. The number of carbonyl (C=O) groups excluding carboxylic acids is 1. The zero-order valence-corrected chi connectivity index (χ0v) is 9.95. The number of rotatable bonds is 5. The van der Waals surface area contributed by atoms with Crippen molar-refractivity contribution in [3.05, 3.63) is 0 Å². The standard InChI is InChI=1S/C11H21FN2O2/c1-8(2)13-11(16)3-4-14-6-9(12)5-10(14)7-15/h8-10,15H,3-7H2,1-2H3,(H,13,16)/t9-,10-/m0/s1. The van der Waals surface area contributed by atoms with E-state index in [1.54, 1.807) is 0 Å². The van der Waals surface area contributed by atoms with E-state index in [-0.39, 0.29) is 24.6 Å². The number of nitrogens with zero attached hydrogens (tertiary/aromatic N) is 1. The van der Waals surface area contributed by atoms with E-state index in [1.807, 2.05) is 18.7 Å². The number of aliphatic hydroxyl groups excluding tert-OH is 1. The van der Waals surface area contributed by atoms with Crippen molar-refractivity contribution < 1.29 is 14.3 Å². The SMILES string of the molecule is CC(C)NC(=O)CCN1C[C@@H](F)C[C@H]1CO. The zero-order valence-electron chi connectivity index (χ0n) is 9.95. The molecule has 0 bridgehead atoms. The molecule has 1 saturated heterocycles. The average Bonchev–Trinajstić information content (AvgIpc) is 2.55. The van der Waals surface area contributed by atoms with Crippen molar-refractivity contribution in [2.24, 2.45) is 0 Å². The first kappa shape index (κ1) is 13.4. The Labute approximate surface area is 95.8 Å². The third-order valence-electron chi connectivity index (χ3n) is 2.76. The Morgan fingerprint density at radius 1 is 1.62 bits per heavy atom. The molecule has 1 aliphatic heterocycles. The van der Waals surface area contributed by atoms with Crippen LogP contribution in [0.4, 0.5) is 4.39 Å². The van der Waals surface area contributed by atoms with E-state index in [0.29, 0.717) is 25.9 Å². The molecule has 1 heterocycles. The first-order valence-electron chi connectivity index (χ1n) is 5.81. The Hall–Kier alpha value is -0.680. The molecule has 0 aromatic carbocycles. The maximum absolute atomic E-state index is 13.1. The van der Waals surface area contributed by atoms with Crippen LogP contribution in [-0.2, 0) is 4.79 Å². The van der Waals surface area contributed by atoms with Crippen molar-refractivity contribution in [1.82, 2.24) is 10.2 Å². The van der Waals surface area contributed by atoms with Crippen molar-refractivity contribution in [3.8, 4) is 0 Å². The molecule has 2 atom stereocenters. The summed E-state index contributed by atoms with van der Waals surface area (Å²) >= 11 is 0. The van der Waals surface area contributed by atoms with E-state index in [0.717, 1.165) is 0 Å². The van der Waals surface area contributed by atoms with Gasteiger partial charge in [0.2, 0.25) is 5.91 Å². The van der Waals surface area contributed by atoms with Gasteiger partial charge < -0.3 is 10.4 Å². The van der Waals surface area contributed by atoms with Gasteiger partial charge in [0.25, 0.3) is 0 Å². The van der Waals surface area contributed by atoms with Crippen molar-refractivity contribution in [2.75, 3.05) is 19.7 Å². The van der Waals surface area contributed by atoms with Crippen LogP contribution in [0.2, 0.25) is 0 Å². The second kappa shape index (κ2) is 6.15. The van der Waals surface area contributed by atoms with Crippen molar-refractivity contribution >= 4 is 5.91 Å². The molecule has 0 saturated carbocycles. The predicted octanol–water partition coefficient (Wildman–Crippen LogP) is 0.306. The van der Waals surface area contributed by atoms with E-state index >= 15 is 0 Å². The van der Waals surface area contributed by atoms with Crippen molar-refractivity contribution in [3.63, 3.8) is 0 Å². The third kappa shape index (κ3) is 4.06. The van der Waals surface area contributed by atoms with Crippen LogP contribution in [0.5, 0.6) is 0 Å². The summed E-state index contributed by atoms with van der Waals surface area (Å²) in [4.78, 5) is 13.2. The molecule has 16 heavy (non-hydrogen) atoms. The highest BCUT2D eigenvalue weighted by Crippen LogP contribution is 2.19. The highest BCUT2D eigenvalue weighted by Gasteiger charge is 2.31. The minimum Gasteiger partial charge on any atom is -0.395 e. The lowest BCUT2D eigenvalue weighted by Gasteiger charge is -2.21. The number of halogens is 1. The lowest BCUT2D eigenvalue weighted by Crippen LogP contribution is -2.37. The van der Waals surface area contributed by atoms with Crippen LogP contribution in [0.25, 0.3) is 0 Å². The van der Waals surface area contributed by atoms with E-state index < -0.39 is 6.17 Å². The minimum atomic E-state index is -0.870. The summed E-state index contributed by atoms with van der Waals surface area (Å²) in [5.41, 5.74) is 0. The van der Waals surface area contributed by atoms with Crippen LogP contribution in [-0.4, -0.2) is 53.9 Å². The maximum atomic E-state index is 13.1. The Morgan fingerprint density at radius 2 is 2.31 bits per heavy atom. The molecule has 0 aliphatic carbocycles. The van der Waals surface area contributed by atoms with E-state index in [1.165, 1.54) is 0 Å². The summed E-state index contributed by atoms with van der Waals surface area (Å²) in [6, 6.07) is 0.00971. The number of likely N-dealkylation sites (tertiary alicyclic amines) is 1. The molecule has 94 valence electrons. The van der Waals surface area contributed by atoms with E-state index in [2.05, 4.69) is 5.32 Å². The fourth-order valence-corrected chi connectivity index (χ4v) is 2.03. The summed E-state index contributed by atoms with van der Waals surface area (Å²) in [7, 11) is 0. The predicted molar refractivity (Wildman–Crippen MR) is 59.9 cm³/mol. The molecule has 5 heteroatoms. The molecule has 0 aromatic rings. The lowest BCUT2D eigenvalue weighted by atomic mass is 10.2. The van der Waals surface area contributed by atoms with Gasteiger partial charge in [-0.25, -0.2) is 4.39 Å². The number of aliphatic hydroxyl groups is 1. The van der Waals surface area contributed by atoms with Crippen LogP contribution < -0.4 is 5.32 Å². The number of amides is 1. The summed E-state index contributed by atoms with van der Waals surface area (Å²) in [6.45, 7) is 4.63. The molecule has 1 fully saturated rings. The number of nitrogens with one attached hydrogen (secondary N) is 1. The van der Waals surface area contributed by atoms with Gasteiger partial charge in [0, 0.05) is 31.6 Å². The second-order valence-electron chi connectivity index (χ2n) is 4.64. The van der Waals surface area contributed by atoms with Gasteiger partial charge in [-0.05, 0) is 20.3 Å². The Kier molecular flexibility index (Phi) is 5.15. The van der Waals surface area contributed by atoms with Gasteiger partial charge >= 0.3 is 0 Å². The smallest absolute Gasteiger partial charge is 0.221 e. The van der Waals surface area contributed by atoms with Gasteiger partial charge in [-0.15, -0.1) is 0 Å². The molecule has 2 N–H and O–H groups in total. The molecule has 4 nitrogen and oxygen atoms in total. The zero-order chi connectivity index (χ0) is 12.1. The molecule has 0 unspecified atom stereocenters. The monoisotopic (exact) mass is 232 g/mol. The van der Waals surface area contributed by atoms with Crippen LogP contribution in [0, 0.1) is 0 Å². The summed E-state index contributed by atoms with van der Waals surface area (Å²) in [5.74, 6) is -0.0194. The molecular weight excluding hydrogens is 211 g/mol. The third-order valence-corrected chi connectivity index (χ3v) is 2.76. The summed E-state index contributed by atoms with van der Waals surface area (Å²) < 4.78 is 13.1. The van der Waals surface area contributed by atoms with Crippen LogP contribution >= 0.6 is 0 Å². The number of hydrogen-bond donors (Lipinski definition) is 2. The number of alkyl halides is 1. The van der Waals surface area contributed by atoms with Crippen LogP contribution in [0.15, 0.2) is 0 Å². The topological polar surface area (TPSA) is 52.6 Å². The van der Waals surface area contributed by atoms with Gasteiger partial charge in [0.05, 0.1) is 6.61 Å². The van der Waals surface area contributed by atoms with Gasteiger partial charge in [-0.1, -0.05) is 0 Å². The van der Waals surface area contributed by atoms with E-state index in [4.69, 9.17) is 5.11 Å². The Bertz CT molecular complexity index is 236. The lowest BCUT2D eigenvalue weighted by molar-refractivity contribution is -0.122. The van der Waals surface area contributed by atoms with Gasteiger partial charge in [0.15, 0.2) is 0 Å². The highest BCUT2D eigenvalue weighted by molar-refractivity contribution is 5.76. The van der Waals surface area contributed by atoms with Crippen LogP contribution in [0.1, 0.15) is 26.7 Å². The number of hydrogen-bond acceptors (Lipinski definition) is 3. The van der Waals surface area contributed by atoms with Gasteiger partial charge in [-0.2, -0.15) is 0 Å². The Morgan fingerprint density at radius 3 is 2.88 bits per heavy atom. The van der Waals surface area contributed by atoms with Crippen molar-refractivity contribution in [2.45, 2.75) is 44.9 Å². The maximum Gasteiger partial charge on any atom is 0.221 e. The highest BCUT2D eigenvalue weighted by atomic mass is 19.1. The first-order valence-corrected chi connectivity index (χ1v) is 5.81. The Balaban J connectivity index is 2.29.